The fourth-order valence-corrected chi connectivity index (χ4v) is 1.82. The Kier molecular flexibility index (Phi) is 5.25. The minimum Gasteiger partial charge on any atom is -0.495 e. The van der Waals surface area contributed by atoms with Crippen molar-refractivity contribution in [3.8, 4) is 11.5 Å². The maximum Gasteiger partial charge on any atom is 0.305 e. The zero-order valence-electron chi connectivity index (χ0n) is 10.3. The number of hydrogen-bond donors (Lipinski definition) is 2. The molecule has 0 aliphatic heterocycles. The fourth-order valence-electron chi connectivity index (χ4n) is 1.57. The number of carbonyl (C=O) groups is 1. The minimum absolute atomic E-state index is 0.192. The average Bonchev–Trinajstić information content (AvgIpc) is 2.30. The molecule has 0 amide bonds. The van der Waals surface area contributed by atoms with Crippen molar-refractivity contribution in [2.24, 2.45) is 5.73 Å². The molecule has 0 bridgehead atoms. The Morgan fingerprint density at radius 1 is 1.50 bits per heavy atom. The van der Waals surface area contributed by atoms with Crippen molar-refractivity contribution in [3.63, 3.8) is 0 Å². The summed E-state index contributed by atoms with van der Waals surface area (Å²) in [4.78, 5) is 10.7. The lowest BCUT2D eigenvalue weighted by molar-refractivity contribution is -0.137. The molecule has 18 heavy (non-hydrogen) atoms. The standard InChI is InChI=1S/C12H16ClNO4/c1-3-18-10-6-11(17-2)8(13)4-7(10)9(14)5-12(15)16/h4,6,9H,3,5,14H2,1-2H3,(H,15,16). The molecule has 1 aromatic carbocycles. The summed E-state index contributed by atoms with van der Waals surface area (Å²) in [6.45, 7) is 2.27. The highest BCUT2D eigenvalue weighted by Gasteiger charge is 2.18. The SMILES string of the molecule is CCOc1cc(OC)c(Cl)cc1C(N)CC(=O)O. The molecule has 1 atom stereocenters. The number of hydrogen-bond acceptors (Lipinski definition) is 4. The molecule has 0 aliphatic carbocycles. The maximum atomic E-state index is 10.7. The normalized spacial score (nSPS) is 12.0. The highest BCUT2D eigenvalue weighted by molar-refractivity contribution is 6.32. The molecule has 6 heteroatoms. The van der Waals surface area contributed by atoms with Crippen LogP contribution in [0.25, 0.3) is 0 Å². The molecule has 0 heterocycles. The van der Waals surface area contributed by atoms with Crippen LogP contribution in [0.15, 0.2) is 12.1 Å². The number of benzene rings is 1. The van der Waals surface area contributed by atoms with Crippen LogP contribution in [0.4, 0.5) is 0 Å². The molecular weight excluding hydrogens is 258 g/mol. The Balaban J connectivity index is 3.15. The molecule has 0 aromatic heterocycles. The van der Waals surface area contributed by atoms with E-state index in [0.717, 1.165) is 0 Å². The highest BCUT2D eigenvalue weighted by Crippen LogP contribution is 2.36. The van der Waals surface area contributed by atoms with Crippen LogP contribution in [0.1, 0.15) is 24.9 Å². The van der Waals surface area contributed by atoms with Crippen molar-refractivity contribution in [3.05, 3.63) is 22.7 Å². The van der Waals surface area contributed by atoms with Gasteiger partial charge in [0, 0.05) is 17.7 Å². The topological polar surface area (TPSA) is 81.8 Å². The van der Waals surface area contributed by atoms with Crippen LogP contribution in [-0.2, 0) is 4.79 Å². The monoisotopic (exact) mass is 273 g/mol. The van der Waals surface area contributed by atoms with E-state index >= 15 is 0 Å². The maximum absolute atomic E-state index is 10.7. The van der Waals surface area contributed by atoms with E-state index < -0.39 is 12.0 Å². The number of ether oxygens (including phenoxy) is 2. The summed E-state index contributed by atoms with van der Waals surface area (Å²) < 4.78 is 10.5. The predicted molar refractivity (Wildman–Crippen MR) is 68.4 cm³/mol. The van der Waals surface area contributed by atoms with Gasteiger partial charge in [0.2, 0.25) is 0 Å². The van der Waals surface area contributed by atoms with Crippen molar-refractivity contribution in [1.82, 2.24) is 0 Å². The third-order valence-corrected chi connectivity index (χ3v) is 2.67. The molecule has 0 fully saturated rings. The second kappa shape index (κ2) is 6.47. The number of nitrogens with two attached hydrogens (primary N) is 1. The van der Waals surface area contributed by atoms with Crippen LogP contribution in [-0.4, -0.2) is 24.8 Å². The Morgan fingerprint density at radius 2 is 2.17 bits per heavy atom. The van der Waals surface area contributed by atoms with Crippen molar-refractivity contribution >= 4 is 17.6 Å². The highest BCUT2D eigenvalue weighted by atomic mass is 35.5. The fraction of sp³-hybridized carbons (Fsp3) is 0.417. The van der Waals surface area contributed by atoms with E-state index in [1.807, 2.05) is 6.92 Å². The summed E-state index contributed by atoms with van der Waals surface area (Å²) in [5, 5.41) is 9.13. The Bertz CT molecular complexity index is 436. The summed E-state index contributed by atoms with van der Waals surface area (Å²) >= 11 is 6.00. The predicted octanol–water partition coefficient (Wildman–Crippen LogP) is 2.22. The van der Waals surface area contributed by atoms with E-state index in [9.17, 15) is 4.79 Å². The lowest BCUT2D eigenvalue weighted by atomic mass is 10.0. The van der Waals surface area contributed by atoms with Gasteiger partial charge in [-0.05, 0) is 13.0 Å². The molecule has 0 saturated carbocycles. The third-order valence-electron chi connectivity index (χ3n) is 2.38. The van der Waals surface area contributed by atoms with Crippen molar-refractivity contribution in [2.45, 2.75) is 19.4 Å². The molecule has 1 aromatic rings. The third kappa shape index (κ3) is 3.51. The van der Waals surface area contributed by atoms with Crippen LogP contribution < -0.4 is 15.2 Å². The number of carboxylic acids is 1. The first-order chi connectivity index (χ1) is 8.49. The summed E-state index contributed by atoms with van der Waals surface area (Å²) in [6.07, 6.45) is -0.192. The van der Waals surface area contributed by atoms with Gasteiger partial charge >= 0.3 is 5.97 Å². The number of rotatable bonds is 6. The molecular formula is C12H16ClNO4. The van der Waals surface area contributed by atoms with Crippen LogP contribution >= 0.6 is 11.6 Å². The van der Waals surface area contributed by atoms with Crippen LogP contribution in [0, 0.1) is 0 Å². The van der Waals surface area contributed by atoms with Gasteiger partial charge in [0.25, 0.3) is 0 Å². The van der Waals surface area contributed by atoms with Crippen LogP contribution in [0.2, 0.25) is 5.02 Å². The lowest BCUT2D eigenvalue weighted by Crippen LogP contribution is -2.16. The van der Waals surface area contributed by atoms with E-state index in [0.29, 0.717) is 28.7 Å². The van der Waals surface area contributed by atoms with Crippen molar-refractivity contribution < 1.29 is 19.4 Å². The van der Waals surface area contributed by atoms with Crippen molar-refractivity contribution in [2.75, 3.05) is 13.7 Å². The molecule has 0 spiro atoms. The van der Waals surface area contributed by atoms with Gasteiger partial charge in [-0.1, -0.05) is 11.6 Å². The lowest BCUT2D eigenvalue weighted by Gasteiger charge is -2.17. The first-order valence-electron chi connectivity index (χ1n) is 5.47. The number of methoxy groups -OCH3 is 1. The summed E-state index contributed by atoms with van der Waals surface area (Å²) in [5.41, 5.74) is 6.39. The van der Waals surface area contributed by atoms with Gasteiger partial charge in [-0.2, -0.15) is 0 Å². The summed E-state index contributed by atoms with van der Waals surface area (Å²) in [5.74, 6) is -0.0178. The van der Waals surface area contributed by atoms with Gasteiger partial charge in [0.05, 0.1) is 25.2 Å². The molecule has 0 radical (unpaired) electrons. The number of carboxylic acid groups (broad SMARTS) is 1. The summed E-state index contributed by atoms with van der Waals surface area (Å²) in [7, 11) is 1.49. The first-order valence-corrected chi connectivity index (χ1v) is 5.85. The molecule has 1 rings (SSSR count). The minimum atomic E-state index is -0.975. The smallest absolute Gasteiger partial charge is 0.305 e. The van der Waals surface area contributed by atoms with E-state index in [2.05, 4.69) is 0 Å². The Hall–Kier alpha value is -1.46. The largest absolute Gasteiger partial charge is 0.495 e. The molecule has 1 unspecified atom stereocenters. The Morgan fingerprint density at radius 3 is 2.67 bits per heavy atom. The summed E-state index contributed by atoms with van der Waals surface area (Å²) in [6, 6.07) is 2.52. The van der Waals surface area contributed by atoms with E-state index in [4.69, 9.17) is 31.9 Å². The van der Waals surface area contributed by atoms with Gasteiger partial charge in [0.15, 0.2) is 0 Å². The van der Waals surface area contributed by atoms with Gasteiger partial charge in [-0.3, -0.25) is 4.79 Å². The van der Waals surface area contributed by atoms with Gasteiger partial charge < -0.3 is 20.3 Å². The second-order valence-corrected chi connectivity index (χ2v) is 4.07. The van der Waals surface area contributed by atoms with Crippen LogP contribution in [0.5, 0.6) is 11.5 Å². The van der Waals surface area contributed by atoms with E-state index in [-0.39, 0.29) is 6.42 Å². The number of halogens is 1. The molecule has 5 nitrogen and oxygen atoms in total. The van der Waals surface area contributed by atoms with E-state index in [1.54, 1.807) is 12.1 Å². The van der Waals surface area contributed by atoms with E-state index in [1.165, 1.54) is 7.11 Å². The number of aliphatic carboxylic acids is 1. The first kappa shape index (κ1) is 14.6. The molecule has 0 saturated heterocycles. The average molecular weight is 274 g/mol. The second-order valence-electron chi connectivity index (χ2n) is 3.66. The van der Waals surface area contributed by atoms with Gasteiger partial charge in [0.1, 0.15) is 11.5 Å². The zero-order chi connectivity index (χ0) is 13.7. The van der Waals surface area contributed by atoms with Gasteiger partial charge in [-0.25, -0.2) is 0 Å². The zero-order valence-corrected chi connectivity index (χ0v) is 11.0. The van der Waals surface area contributed by atoms with Crippen LogP contribution in [0.3, 0.4) is 0 Å². The Labute approximate surface area is 110 Å². The quantitative estimate of drug-likeness (QED) is 0.830. The molecule has 3 N–H and O–H groups in total. The molecule has 0 aliphatic rings. The van der Waals surface area contributed by atoms with Crippen molar-refractivity contribution in [1.29, 1.82) is 0 Å². The van der Waals surface area contributed by atoms with Gasteiger partial charge in [-0.15, -0.1) is 0 Å². The molecule has 100 valence electrons.